The number of aromatic hydroxyl groups is 1. The monoisotopic (exact) mass is 357 g/mol. The lowest BCUT2D eigenvalue weighted by molar-refractivity contribution is -0.138. The van der Waals surface area contributed by atoms with Crippen LogP contribution in [0.4, 0.5) is 0 Å². The summed E-state index contributed by atoms with van der Waals surface area (Å²) in [6.07, 6.45) is 2.01. The van der Waals surface area contributed by atoms with Crippen LogP contribution in [0.1, 0.15) is 44.6 Å². The molecule has 1 aliphatic heterocycles. The molecule has 0 bridgehead atoms. The van der Waals surface area contributed by atoms with Crippen LogP contribution in [0.2, 0.25) is 0 Å². The number of ketones is 1. The molecule has 1 aromatic rings. The fraction of sp³-hybridized carbons (Fsp3) is 0.400. The molecular formula is C20H23NO5. The van der Waals surface area contributed by atoms with Crippen LogP contribution in [0.25, 0.3) is 0 Å². The first-order chi connectivity index (χ1) is 12.5. The Labute approximate surface area is 152 Å². The number of dihydropyridines is 1. The van der Waals surface area contributed by atoms with E-state index in [9.17, 15) is 14.7 Å². The fourth-order valence-electron chi connectivity index (χ4n) is 3.67. The van der Waals surface area contributed by atoms with E-state index in [1.54, 1.807) is 19.1 Å². The van der Waals surface area contributed by atoms with Crippen molar-refractivity contribution >= 4 is 11.8 Å². The summed E-state index contributed by atoms with van der Waals surface area (Å²) in [6, 6.07) is 4.90. The van der Waals surface area contributed by atoms with Gasteiger partial charge in [-0.15, -0.1) is 0 Å². The Bertz CT molecular complexity index is 821. The summed E-state index contributed by atoms with van der Waals surface area (Å²) in [6.45, 7) is 3.82. The summed E-state index contributed by atoms with van der Waals surface area (Å²) < 4.78 is 10.5. The van der Waals surface area contributed by atoms with E-state index in [1.807, 2.05) is 6.92 Å². The van der Waals surface area contributed by atoms with Crippen LogP contribution in [-0.4, -0.2) is 30.6 Å². The third-order valence-electron chi connectivity index (χ3n) is 4.81. The lowest BCUT2D eigenvalue weighted by atomic mass is 9.75. The molecule has 0 fully saturated rings. The molecule has 138 valence electrons. The van der Waals surface area contributed by atoms with Crippen LogP contribution in [-0.2, 0) is 14.3 Å². The second-order valence-electron chi connectivity index (χ2n) is 6.42. The molecule has 6 nitrogen and oxygen atoms in total. The van der Waals surface area contributed by atoms with Gasteiger partial charge in [-0.2, -0.15) is 0 Å². The SMILES string of the molecule is CCOC(=O)C1=C(C)NC2=C(C(=O)CCC2)C1c1ccc(O)c(OC)c1. The largest absolute Gasteiger partial charge is 0.504 e. The molecule has 6 heteroatoms. The van der Waals surface area contributed by atoms with Gasteiger partial charge in [-0.3, -0.25) is 4.79 Å². The van der Waals surface area contributed by atoms with Crippen LogP contribution < -0.4 is 10.1 Å². The maximum absolute atomic E-state index is 12.7. The molecule has 2 N–H and O–H groups in total. The smallest absolute Gasteiger partial charge is 0.336 e. The number of rotatable bonds is 4. The van der Waals surface area contributed by atoms with Crippen LogP contribution >= 0.6 is 0 Å². The highest BCUT2D eigenvalue weighted by atomic mass is 16.5. The number of carbonyl (C=O) groups is 2. The number of allylic oxidation sites excluding steroid dienone is 3. The number of Topliss-reactive ketones (excluding diaryl/α,β-unsaturated/α-hetero) is 1. The summed E-state index contributed by atoms with van der Waals surface area (Å²) in [5.74, 6) is -0.641. The minimum atomic E-state index is -0.535. The predicted molar refractivity (Wildman–Crippen MR) is 95.8 cm³/mol. The first-order valence-electron chi connectivity index (χ1n) is 8.76. The Balaban J connectivity index is 2.18. The molecular weight excluding hydrogens is 334 g/mol. The summed E-state index contributed by atoms with van der Waals surface area (Å²) in [7, 11) is 1.46. The highest BCUT2D eigenvalue weighted by Crippen LogP contribution is 2.44. The van der Waals surface area contributed by atoms with Gasteiger partial charge in [0.15, 0.2) is 17.3 Å². The molecule has 1 atom stereocenters. The van der Waals surface area contributed by atoms with Crippen molar-refractivity contribution in [2.24, 2.45) is 0 Å². The first-order valence-corrected chi connectivity index (χ1v) is 8.76. The van der Waals surface area contributed by atoms with Gasteiger partial charge < -0.3 is 19.9 Å². The number of carbonyl (C=O) groups excluding carboxylic acids is 2. The third kappa shape index (κ3) is 3.07. The van der Waals surface area contributed by atoms with E-state index in [-0.39, 0.29) is 18.1 Å². The molecule has 1 aromatic carbocycles. The Kier molecular flexibility index (Phi) is 5.02. The van der Waals surface area contributed by atoms with Crippen molar-refractivity contribution in [2.45, 2.75) is 39.0 Å². The van der Waals surface area contributed by atoms with Crippen molar-refractivity contribution in [1.82, 2.24) is 5.32 Å². The van der Waals surface area contributed by atoms with Gasteiger partial charge in [0.05, 0.1) is 19.3 Å². The molecule has 2 aliphatic rings. The van der Waals surface area contributed by atoms with Crippen molar-refractivity contribution in [3.05, 3.63) is 46.3 Å². The number of ether oxygens (including phenoxy) is 2. The zero-order valence-electron chi connectivity index (χ0n) is 15.2. The second kappa shape index (κ2) is 7.23. The summed E-state index contributed by atoms with van der Waals surface area (Å²) >= 11 is 0. The average molecular weight is 357 g/mol. The molecule has 0 amide bonds. The maximum atomic E-state index is 12.7. The highest BCUT2D eigenvalue weighted by Gasteiger charge is 2.39. The highest BCUT2D eigenvalue weighted by molar-refractivity contribution is 6.03. The van der Waals surface area contributed by atoms with Crippen molar-refractivity contribution in [1.29, 1.82) is 0 Å². The Morgan fingerprint density at radius 1 is 1.35 bits per heavy atom. The molecule has 26 heavy (non-hydrogen) atoms. The van der Waals surface area contributed by atoms with Gasteiger partial charge in [0.1, 0.15) is 0 Å². The van der Waals surface area contributed by atoms with Crippen LogP contribution in [0, 0.1) is 0 Å². The summed E-state index contributed by atoms with van der Waals surface area (Å²) in [4.78, 5) is 25.4. The Hall–Kier alpha value is -2.76. The normalized spacial score (nSPS) is 19.8. The van der Waals surface area contributed by atoms with E-state index in [1.165, 1.54) is 13.2 Å². The van der Waals surface area contributed by atoms with Gasteiger partial charge >= 0.3 is 5.97 Å². The van der Waals surface area contributed by atoms with E-state index >= 15 is 0 Å². The molecule has 1 aliphatic carbocycles. The molecule has 1 heterocycles. The van der Waals surface area contributed by atoms with Gasteiger partial charge in [0.25, 0.3) is 0 Å². The third-order valence-corrected chi connectivity index (χ3v) is 4.81. The number of methoxy groups -OCH3 is 1. The fourth-order valence-corrected chi connectivity index (χ4v) is 3.67. The standard InChI is InChI=1S/C20H23NO5/c1-4-26-20(24)17-11(2)21-13-6-5-7-15(23)19(13)18(17)12-8-9-14(22)16(10-12)25-3/h8-10,18,21-22H,4-7H2,1-3H3. The minimum Gasteiger partial charge on any atom is -0.504 e. The second-order valence-corrected chi connectivity index (χ2v) is 6.42. The molecule has 0 radical (unpaired) electrons. The van der Waals surface area contributed by atoms with Gasteiger partial charge in [-0.1, -0.05) is 6.07 Å². The molecule has 3 rings (SSSR count). The quantitative estimate of drug-likeness (QED) is 0.806. The van der Waals surface area contributed by atoms with Crippen molar-refractivity contribution in [3.8, 4) is 11.5 Å². The van der Waals surface area contributed by atoms with Crippen molar-refractivity contribution in [3.63, 3.8) is 0 Å². The molecule has 1 unspecified atom stereocenters. The topological polar surface area (TPSA) is 84.9 Å². The predicted octanol–water partition coefficient (Wildman–Crippen LogP) is 2.93. The van der Waals surface area contributed by atoms with Crippen LogP contribution in [0.15, 0.2) is 40.7 Å². The van der Waals surface area contributed by atoms with Gasteiger partial charge in [0, 0.05) is 29.3 Å². The van der Waals surface area contributed by atoms with Gasteiger partial charge in [0.2, 0.25) is 0 Å². The van der Waals surface area contributed by atoms with Crippen LogP contribution in [0.3, 0.4) is 0 Å². The average Bonchev–Trinajstić information content (AvgIpc) is 2.61. The van der Waals surface area contributed by atoms with Crippen molar-refractivity contribution < 1.29 is 24.2 Å². The minimum absolute atomic E-state index is 0.00717. The van der Waals surface area contributed by atoms with E-state index in [4.69, 9.17) is 9.47 Å². The van der Waals surface area contributed by atoms with Gasteiger partial charge in [-0.05, 0) is 44.4 Å². The molecule has 0 saturated heterocycles. The number of esters is 1. The van der Waals surface area contributed by atoms with Crippen molar-refractivity contribution in [2.75, 3.05) is 13.7 Å². The summed E-state index contributed by atoms with van der Waals surface area (Å²) in [5, 5.41) is 13.1. The molecule has 0 spiro atoms. The molecule has 0 aromatic heterocycles. The number of phenolic OH excluding ortho intramolecular Hbond substituents is 1. The number of hydrogen-bond donors (Lipinski definition) is 2. The van der Waals surface area contributed by atoms with Gasteiger partial charge in [-0.25, -0.2) is 4.79 Å². The number of hydrogen-bond acceptors (Lipinski definition) is 6. The maximum Gasteiger partial charge on any atom is 0.336 e. The summed E-state index contributed by atoms with van der Waals surface area (Å²) in [5.41, 5.74) is 3.30. The Morgan fingerprint density at radius 2 is 2.12 bits per heavy atom. The van der Waals surface area contributed by atoms with E-state index < -0.39 is 11.9 Å². The lowest BCUT2D eigenvalue weighted by Crippen LogP contribution is -2.34. The van der Waals surface area contributed by atoms with E-state index in [0.717, 1.165) is 18.5 Å². The first kappa shape index (κ1) is 18.0. The Morgan fingerprint density at radius 3 is 2.81 bits per heavy atom. The number of phenols is 1. The van der Waals surface area contributed by atoms with E-state index in [0.29, 0.717) is 34.6 Å². The molecule has 0 saturated carbocycles. The van der Waals surface area contributed by atoms with E-state index in [2.05, 4.69) is 5.32 Å². The van der Waals surface area contributed by atoms with Crippen LogP contribution in [0.5, 0.6) is 11.5 Å². The lowest BCUT2D eigenvalue weighted by Gasteiger charge is -2.34. The zero-order chi connectivity index (χ0) is 18.8. The number of benzene rings is 1. The number of nitrogens with one attached hydrogen (secondary N) is 1. The zero-order valence-corrected chi connectivity index (χ0v) is 15.2.